The number of piperidine rings is 2. The molecule has 2 N–H and O–H groups in total. The summed E-state index contributed by atoms with van der Waals surface area (Å²) in [5.41, 5.74) is 3.18. The van der Waals surface area contributed by atoms with Crippen LogP contribution in [0.1, 0.15) is 62.6 Å². The molecule has 0 saturated carbocycles. The number of fused-ring (bicyclic) bond motifs is 1. The van der Waals surface area contributed by atoms with Crippen LogP contribution in [-0.2, 0) is 20.9 Å². The second kappa shape index (κ2) is 13.9. The van der Waals surface area contributed by atoms with Gasteiger partial charge in [0, 0.05) is 83.8 Å². The standard InChI is InChI=1S/C35H44N10O3/c1-23(2)45-29-20-31(38-30-9-12-36-35(39-30)44-13-10-26(48-3)11-14-44)37-21-28(29)33(41-45)43-17-15-42(16-18-43)22-24-5-4-6-25(19-24)27-7-8-32(46)40-34(27)47/h4-6,9,12,19-21,23,26-27H,7-8,10-11,13-18,22H2,1-3H3,(H,40,46,47)(H,36,37,38,39). The molecule has 1 aromatic carbocycles. The minimum absolute atomic E-state index is 0.176. The molecule has 3 fully saturated rings. The van der Waals surface area contributed by atoms with Gasteiger partial charge in [0.05, 0.1) is 22.9 Å². The molecule has 3 aliphatic rings. The van der Waals surface area contributed by atoms with E-state index in [0.29, 0.717) is 36.5 Å². The van der Waals surface area contributed by atoms with Crippen LogP contribution in [0.4, 0.5) is 23.4 Å². The molecular formula is C35H44N10O3. The largest absolute Gasteiger partial charge is 0.381 e. The Bertz CT molecular complexity index is 1780. The summed E-state index contributed by atoms with van der Waals surface area (Å²) in [4.78, 5) is 45.1. The Kier molecular flexibility index (Phi) is 9.22. The molecule has 48 heavy (non-hydrogen) atoms. The number of nitrogens with zero attached hydrogens (tertiary/aromatic N) is 8. The number of aromatic nitrogens is 5. The third-order valence-corrected chi connectivity index (χ3v) is 9.69. The molecule has 252 valence electrons. The first-order chi connectivity index (χ1) is 23.3. The quantitative estimate of drug-likeness (QED) is 0.254. The van der Waals surface area contributed by atoms with Crippen LogP contribution in [0.15, 0.2) is 48.8 Å². The molecule has 3 aliphatic heterocycles. The van der Waals surface area contributed by atoms with E-state index in [1.807, 2.05) is 24.4 Å². The fourth-order valence-electron chi connectivity index (χ4n) is 7.00. The Balaban J connectivity index is 1.02. The van der Waals surface area contributed by atoms with Crippen molar-refractivity contribution in [3.63, 3.8) is 0 Å². The van der Waals surface area contributed by atoms with Crippen LogP contribution < -0.4 is 20.4 Å². The average Bonchev–Trinajstić information content (AvgIpc) is 3.48. The van der Waals surface area contributed by atoms with Crippen LogP contribution >= 0.6 is 0 Å². The minimum Gasteiger partial charge on any atom is -0.381 e. The number of imide groups is 1. The zero-order valence-corrected chi connectivity index (χ0v) is 27.9. The van der Waals surface area contributed by atoms with Crippen molar-refractivity contribution in [2.24, 2.45) is 0 Å². The van der Waals surface area contributed by atoms with Crippen molar-refractivity contribution >= 4 is 46.1 Å². The summed E-state index contributed by atoms with van der Waals surface area (Å²) in [7, 11) is 1.77. The van der Waals surface area contributed by atoms with Gasteiger partial charge in [0.2, 0.25) is 17.8 Å². The van der Waals surface area contributed by atoms with Crippen molar-refractivity contribution < 1.29 is 14.3 Å². The Hall–Kier alpha value is -4.62. The number of amides is 2. The molecule has 1 unspecified atom stereocenters. The van der Waals surface area contributed by atoms with Crippen molar-refractivity contribution in [1.29, 1.82) is 0 Å². The van der Waals surface area contributed by atoms with Crippen molar-refractivity contribution in [1.82, 2.24) is 34.9 Å². The number of ether oxygens (including phenoxy) is 1. The van der Waals surface area contributed by atoms with Gasteiger partial charge in [-0.15, -0.1) is 0 Å². The first-order valence-corrected chi connectivity index (χ1v) is 17.0. The molecule has 0 aliphatic carbocycles. The van der Waals surface area contributed by atoms with Crippen LogP contribution in [0.5, 0.6) is 0 Å². The highest BCUT2D eigenvalue weighted by atomic mass is 16.5. The lowest BCUT2D eigenvalue weighted by Gasteiger charge is -2.35. The van der Waals surface area contributed by atoms with Crippen LogP contribution in [-0.4, -0.2) is 93.9 Å². The Morgan fingerprint density at radius 3 is 2.52 bits per heavy atom. The number of hydrogen-bond donors (Lipinski definition) is 2. The van der Waals surface area contributed by atoms with Crippen LogP contribution in [0.3, 0.4) is 0 Å². The molecule has 0 radical (unpaired) electrons. The maximum Gasteiger partial charge on any atom is 0.234 e. The second-order valence-corrected chi connectivity index (χ2v) is 13.2. The molecule has 13 nitrogen and oxygen atoms in total. The first kappa shape index (κ1) is 32.0. The van der Waals surface area contributed by atoms with Crippen LogP contribution in [0.25, 0.3) is 10.9 Å². The van der Waals surface area contributed by atoms with E-state index in [2.05, 4.69) is 67.0 Å². The number of hydrogen-bond acceptors (Lipinski definition) is 11. The van der Waals surface area contributed by atoms with Crippen molar-refractivity contribution in [3.8, 4) is 0 Å². The number of piperazine rings is 1. The second-order valence-electron chi connectivity index (χ2n) is 13.2. The van der Waals surface area contributed by atoms with E-state index >= 15 is 0 Å². The lowest BCUT2D eigenvalue weighted by Crippen LogP contribution is -2.46. The predicted octanol–water partition coefficient (Wildman–Crippen LogP) is 4.00. The first-order valence-electron chi connectivity index (χ1n) is 17.0. The fourth-order valence-corrected chi connectivity index (χ4v) is 7.00. The summed E-state index contributed by atoms with van der Waals surface area (Å²) >= 11 is 0. The Morgan fingerprint density at radius 1 is 0.958 bits per heavy atom. The monoisotopic (exact) mass is 652 g/mol. The van der Waals surface area contributed by atoms with Gasteiger partial charge in [-0.3, -0.25) is 24.5 Å². The van der Waals surface area contributed by atoms with Gasteiger partial charge in [-0.05, 0) is 50.3 Å². The summed E-state index contributed by atoms with van der Waals surface area (Å²) in [6, 6.07) is 12.3. The summed E-state index contributed by atoms with van der Waals surface area (Å²) in [5, 5.41) is 12.0. The normalized spacial score (nSPS) is 19.7. The topological polar surface area (TPSA) is 134 Å². The molecule has 0 bridgehead atoms. The molecule has 2 amide bonds. The van der Waals surface area contributed by atoms with Gasteiger partial charge >= 0.3 is 0 Å². The minimum atomic E-state index is -0.268. The molecule has 3 saturated heterocycles. The number of nitrogens with one attached hydrogen (secondary N) is 2. The smallest absolute Gasteiger partial charge is 0.234 e. The van der Waals surface area contributed by atoms with E-state index < -0.39 is 0 Å². The van der Waals surface area contributed by atoms with Crippen LogP contribution in [0, 0.1) is 0 Å². The van der Waals surface area contributed by atoms with Crippen molar-refractivity contribution in [2.45, 2.75) is 64.1 Å². The Morgan fingerprint density at radius 2 is 1.77 bits per heavy atom. The van der Waals surface area contributed by atoms with Gasteiger partial charge in [0.25, 0.3) is 0 Å². The van der Waals surface area contributed by atoms with E-state index in [9.17, 15) is 9.59 Å². The molecule has 1 atom stereocenters. The number of rotatable bonds is 9. The number of pyridine rings is 1. The van der Waals surface area contributed by atoms with E-state index in [4.69, 9.17) is 19.8 Å². The maximum absolute atomic E-state index is 12.4. The summed E-state index contributed by atoms with van der Waals surface area (Å²) in [5.74, 6) is 2.44. The SMILES string of the molecule is COC1CCN(c2nccc(Nc3cc4c(cn3)c(N3CCN(Cc5cccc(C6CCC(=O)NC6=O)c5)CC3)nn4C(C)C)n2)CC1. The molecule has 0 spiro atoms. The molecule has 6 heterocycles. The third-order valence-electron chi connectivity index (χ3n) is 9.69. The van der Waals surface area contributed by atoms with E-state index in [0.717, 1.165) is 80.9 Å². The van der Waals surface area contributed by atoms with Gasteiger partial charge in [-0.1, -0.05) is 24.3 Å². The lowest BCUT2D eigenvalue weighted by atomic mass is 9.89. The number of anilines is 4. The lowest BCUT2D eigenvalue weighted by molar-refractivity contribution is -0.134. The fraction of sp³-hybridized carbons (Fsp3) is 0.486. The van der Waals surface area contributed by atoms with Gasteiger partial charge in [-0.25, -0.2) is 9.97 Å². The van der Waals surface area contributed by atoms with Gasteiger partial charge < -0.3 is 19.9 Å². The number of carbonyl (C=O) groups is 2. The maximum atomic E-state index is 12.4. The highest BCUT2D eigenvalue weighted by molar-refractivity contribution is 6.01. The van der Waals surface area contributed by atoms with E-state index in [1.165, 1.54) is 5.56 Å². The van der Waals surface area contributed by atoms with Crippen molar-refractivity contribution in [2.75, 3.05) is 61.5 Å². The zero-order chi connectivity index (χ0) is 33.2. The van der Waals surface area contributed by atoms with Crippen molar-refractivity contribution in [3.05, 3.63) is 59.9 Å². The van der Waals surface area contributed by atoms with Crippen LogP contribution in [0.2, 0.25) is 0 Å². The summed E-state index contributed by atoms with van der Waals surface area (Å²) in [6.45, 7) is 10.3. The highest BCUT2D eigenvalue weighted by Crippen LogP contribution is 2.31. The highest BCUT2D eigenvalue weighted by Gasteiger charge is 2.29. The molecule has 7 rings (SSSR count). The number of methoxy groups -OCH3 is 1. The number of carbonyl (C=O) groups excluding carboxylic acids is 2. The zero-order valence-electron chi connectivity index (χ0n) is 27.9. The molecular weight excluding hydrogens is 608 g/mol. The van der Waals surface area contributed by atoms with Gasteiger partial charge in [0.1, 0.15) is 11.6 Å². The molecule has 4 aromatic rings. The summed E-state index contributed by atoms with van der Waals surface area (Å²) < 4.78 is 7.59. The van der Waals surface area contributed by atoms with E-state index in [-0.39, 0.29) is 23.8 Å². The number of benzene rings is 1. The van der Waals surface area contributed by atoms with E-state index in [1.54, 1.807) is 13.3 Å². The average molecular weight is 653 g/mol. The molecule has 3 aromatic heterocycles. The van der Waals surface area contributed by atoms with Gasteiger partial charge in [-0.2, -0.15) is 10.1 Å². The van der Waals surface area contributed by atoms with Gasteiger partial charge in [0.15, 0.2) is 5.82 Å². The Labute approximate surface area is 280 Å². The molecule has 13 heteroatoms. The summed E-state index contributed by atoms with van der Waals surface area (Å²) in [6.07, 6.45) is 6.88. The predicted molar refractivity (Wildman–Crippen MR) is 185 cm³/mol. The third kappa shape index (κ3) is 6.83.